The molecule has 10 nitrogen and oxygen atoms in total. The molecule has 2 aromatic rings. The Labute approximate surface area is 202 Å². The summed E-state index contributed by atoms with van der Waals surface area (Å²) in [6, 6.07) is 8.76. The number of urea groups is 1. The molecule has 1 aliphatic heterocycles. The molecule has 0 spiro atoms. The first-order chi connectivity index (χ1) is 16.3. The van der Waals surface area contributed by atoms with Crippen molar-refractivity contribution in [2.75, 3.05) is 11.9 Å². The van der Waals surface area contributed by atoms with Gasteiger partial charge in [0.15, 0.2) is 11.4 Å². The summed E-state index contributed by atoms with van der Waals surface area (Å²) in [6.07, 6.45) is 0. The molecule has 10 heteroatoms. The molecule has 1 saturated carbocycles. The molecule has 4 rings (SSSR count). The van der Waals surface area contributed by atoms with Crippen molar-refractivity contribution in [1.82, 2.24) is 10.6 Å². The van der Waals surface area contributed by atoms with Gasteiger partial charge in [0, 0.05) is 11.3 Å². The second-order valence-electron chi connectivity index (χ2n) is 9.58. The van der Waals surface area contributed by atoms with Crippen molar-refractivity contribution in [3.63, 3.8) is 0 Å². The van der Waals surface area contributed by atoms with Gasteiger partial charge in [0.05, 0.1) is 17.6 Å². The van der Waals surface area contributed by atoms with Gasteiger partial charge in [0.25, 0.3) is 0 Å². The quantitative estimate of drug-likeness (QED) is 0.266. The van der Waals surface area contributed by atoms with E-state index in [9.17, 15) is 29.7 Å². The number of aliphatic hydroxyl groups is 2. The number of anilines is 1. The van der Waals surface area contributed by atoms with Crippen LogP contribution < -0.4 is 16.0 Å². The number of fused-ring (bicyclic) bond motifs is 1. The van der Waals surface area contributed by atoms with Crippen LogP contribution in [0.5, 0.6) is 5.75 Å². The van der Waals surface area contributed by atoms with Crippen LogP contribution in [0.1, 0.15) is 47.1 Å². The fourth-order valence-electron chi connectivity index (χ4n) is 5.11. The number of ketones is 1. The van der Waals surface area contributed by atoms with Crippen LogP contribution in [-0.2, 0) is 4.74 Å². The molecule has 2 aliphatic rings. The number of hydrogen-bond donors (Lipinski definition) is 6. The van der Waals surface area contributed by atoms with E-state index in [0.29, 0.717) is 16.8 Å². The molecule has 1 heterocycles. The van der Waals surface area contributed by atoms with Crippen molar-refractivity contribution in [2.24, 2.45) is 0 Å². The zero-order chi connectivity index (χ0) is 25.8. The Hall–Kier alpha value is -3.63. The van der Waals surface area contributed by atoms with Crippen LogP contribution >= 0.6 is 0 Å². The first kappa shape index (κ1) is 24.5. The van der Waals surface area contributed by atoms with Crippen molar-refractivity contribution in [1.29, 1.82) is 0 Å². The van der Waals surface area contributed by atoms with Crippen molar-refractivity contribution in [3.05, 3.63) is 59.2 Å². The molecular weight excluding hydrogens is 454 g/mol. The summed E-state index contributed by atoms with van der Waals surface area (Å²) in [6.45, 7) is 5.35. The summed E-state index contributed by atoms with van der Waals surface area (Å²) in [7, 11) is 0. The molecule has 0 radical (unpaired) electrons. The van der Waals surface area contributed by atoms with Crippen LogP contribution in [0.2, 0.25) is 0 Å². The summed E-state index contributed by atoms with van der Waals surface area (Å²) in [5.74, 6) is -1.30. The molecule has 1 saturated heterocycles. The summed E-state index contributed by atoms with van der Waals surface area (Å²) in [4.78, 5) is 36.9. The molecule has 5 atom stereocenters. The Morgan fingerprint density at radius 3 is 2.49 bits per heavy atom. The normalized spacial score (nSPS) is 31.3. The van der Waals surface area contributed by atoms with Gasteiger partial charge in [0.2, 0.25) is 0 Å². The molecule has 6 N–H and O–H groups in total. The fraction of sp³-hybridized carbons (Fsp3) is 0.400. The van der Waals surface area contributed by atoms with Crippen LogP contribution in [0.25, 0.3) is 0 Å². The van der Waals surface area contributed by atoms with Crippen LogP contribution in [-0.4, -0.2) is 68.5 Å². The van der Waals surface area contributed by atoms with E-state index in [0.717, 1.165) is 0 Å². The third-order valence-electron chi connectivity index (χ3n) is 7.45. The van der Waals surface area contributed by atoms with Crippen molar-refractivity contribution in [2.45, 2.75) is 56.5 Å². The van der Waals surface area contributed by atoms with Crippen molar-refractivity contribution >= 4 is 23.5 Å². The number of amides is 2. The minimum Gasteiger partial charge on any atom is -0.507 e. The number of carbonyl (C=O) groups excluding carboxylic acids is 3. The standard InChI is InChI=1S/C25H29N3O7/c1-13-7-5-10-17(30)18(13)21(31)35-12-25(34)20(26-16-9-6-8-15(11-16)14(2)29)19-23(3,24(25,4)33)28-22(32)27-19/h5-11,19-20,26,30,33-34H,12H2,1-4H3,(H2,27,28,32). The highest BCUT2D eigenvalue weighted by atomic mass is 16.5. The topological polar surface area (TPSA) is 157 Å². The Balaban J connectivity index is 1.70. The SMILES string of the molecule is CC(=O)c1cccc(NC2C3NC(=O)NC3(C)C(C)(O)C2(O)COC(=O)c2c(C)cccc2O)c1. The number of rotatable bonds is 6. The van der Waals surface area contributed by atoms with Gasteiger partial charge < -0.3 is 36.0 Å². The number of phenolic OH excluding ortho intramolecular Hbond substituents is 1. The van der Waals surface area contributed by atoms with Crippen molar-refractivity contribution < 1.29 is 34.4 Å². The Kier molecular flexibility index (Phi) is 5.77. The molecule has 2 aromatic carbocycles. The number of esters is 1. The van der Waals surface area contributed by atoms with Gasteiger partial charge in [-0.05, 0) is 51.5 Å². The van der Waals surface area contributed by atoms with E-state index in [1.54, 1.807) is 50.2 Å². The number of hydrogen-bond acceptors (Lipinski definition) is 8. The largest absolute Gasteiger partial charge is 0.507 e. The maximum atomic E-state index is 12.8. The lowest BCUT2D eigenvalue weighted by Gasteiger charge is -2.43. The van der Waals surface area contributed by atoms with Crippen LogP contribution in [0, 0.1) is 6.92 Å². The minimum atomic E-state index is -2.10. The van der Waals surface area contributed by atoms with E-state index in [1.165, 1.54) is 19.9 Å². The highest BCUT2D eigenvalue weighted by molar-refractivity contribution is 5.95. The summed E-state index contributed by atoms with van der Waals surface area (Å²) in [5, 5.41) is 42.2. The number of carbonyl (C=O) groups is 3. The molecular formula is C25H29N3O7. The average Bonchev–Trinajstić information content (AvgIpc) is 3.15. The minimum absolute atomic E-state index is 0.0507. The monoisotopic (exact) mass is 483 g/mol. The number of phenols is 1. The van der Waals surface area contributed by atoms with Gasteiger partial charge in [-0.25, -0.2) is 9.59 Å². The number of nitrogens with one attached hydrogen (secondary N) is 3. The number of aryl methyl sites for hydroxylation is 1. The number of ether oxygens (including phenoxy) is 1. The Morgan fingerprint density at radius 1 is 1.14 bits per heavy atom. The molecule has 2 amide bonds. The average molecular weight is 484 g/mol. The third kappa shape index (κ3) is 3.69. The second-order valence-corrected chi connectivity index (χ2v) is 9.58. The number of benzene rings is 2. The lowest BCUT2D eigenvalue weighted by Crippen LogP contribution is -2.67. The van der Waals surface area contributed by atoms with E-state index in [2.05, 4.69) is 16.0 Å². The van der Waals surface area contributed by atoms with Crippen molar-refractivity contribution in [3.8, 4) is 5.75 Å². The molecule has 35 heavy (non-hydrogen) atoms. The van der Waals surface area contributed by atoms with E-state index in [4.69, 9.17) is 4.74 Å². The molecule has 2 fully saturated rings. The Morgan fingerprint density at radius 2 is 1.83 bits per heavy atom. The van der Waals surface area contributed by atoms with Crippen LogP contribution in [0.3, 0.4) is 0 Å². The first-order valence-corrected chi connectivity index (χ1v) is 11.2. The van der Waals surface area contributed by atoms with E-state index >= 15 is 0 Å². The molecule has 0 bridgehead atoms. The zero-order valence-electron chi connectivity index (χ0n) is 19.9. The maximum absolute atomic E-state index is 12.8. The van der Waals surface area contributed by atoms with Crippen LogP contribution in [0.4, 0.5) is 10.5 Å². The fourth-order valence-corrected chi connectivity index (χ4v) is 5.11. The highest BCUT2D eigenvalue weighted by Crippen LogP contribution is 2.49. The molecule has 1 aliphatic carbocycles. The molecule has 186 valence electrons. The van der Waals surface area contributed by atoms with E-state index < -0.39 is 47.4 Å². The van der Waals surface area contributed by atoms with Crippen LogP contribution in [0.15, 0.2) is 42.5 Å². The van der Waals surface area contributed by atoms with Gasteiger partial charge in [-0.15, -0.1) is 0 Å². The summed E-state index contributed by atoms with van der Waals surface area (Å²) < 4.78 is 5.44. The smallest absolute Gasteiger partial charge is 0.342 e. The van der Waals surface area contributed by atoms with E-state index in [1.807, 2.05) is 0 Å². The Bertz CT molecular complexity index is 1190. The summed E-state index contributed by atoms with van der Waals surface area (Å²) >= 11 is 0. The maximum Gasteiger partial charge on any atom is 0.342 e. The van der Waals surface area contributed by atoms with Gasteiger partial charge in [-0.2, -0.15) is 0 Å². The van der Waals surface area contributed by atoms with Gasteiger partial charge in [-0.3, -0.25) is 4.79 Å². The molecule has 5 unspecified atom stereocenters. The lowest BCUT2D eigenvalue weighted by atomic mass is 9.78. The van der Waals surface area contributed by atoms with E-state index in [-0.39, 0.29) is 17.1 Å². The van der Waals surface area contributed by atoms with Gasteiger partial charge >= 0.3 is 12.0 Å². The predicted octanol–water partition coefficient (Wildman–Crippen LogP) is 1.48. The third-order valence-corrected chi connectivity index (χ3v) is 7.45. The lowest BCUT2D eigenvalue weighted by molar-refractivity contribution is -0.168. The first-order valence-electron chi connectivity index (χ1n) is 11.2. The highest BCUT2D eigenvalue weighted by Gasteiger charge is 2.75. The second kappa shape index (κ2) is 8.24. The number of aromatic hydroxyl groups is 1. The molecule has 0 aromatic heterocycles. The predicted molar refractivity (Wildman–Crippen MR) is 126 cm³/mol. The number of Topliss-reactive ketones (excluding diaryl/α,β-unsaturated/α-hetero) is 1. The zero-order valence-corrected chi connectivity index (χ0v) is 19.9. The summed E-state index contributed by atoms with van der Waals surface area (Å²) in [5.41, 5.74) is -4.10. The van der Waals surface area contributed by atoms with Gasteiger partial charge in [0.1, 0.15) is 23.5 Å². The van der Waals surface area contributed by atoms with Gasteiger partial charge in [-0.1, -0.05) is 24.3 Å².